The molecular formula is C13H20N2O2. The summed E-state index contributed by atoms with van der Waals surface area (Å²) < 4.78 is 5.46. The Bertz CT molecular complexity index is 339. The third-order valence-electron chi connectivity index (χ3n) is 2.12. The van der Waals surface area contributed by atoms with E-state index in [-0.39, 0.29) is 11.9 Å². The van der Waals surface area contributed by atoms with Crippen molar-refractivity contribution < 1.29 is 9.53 Å². The average Bonchev–Trinajstić information content (AvgIpc) is 2.29. The van der Waals surface area contributed by atoms with Crippen molar-refractivity contribution in [3.8, 4) is 0 Å². The van der Waals surface area contributed by atoms with E-state index in [0.717, 1.165) is 0 Å². The van der Waals surface area contributed by atoms with Gasteiger partial charge in [0.15, 0.2) is 0 Å². The van der Waals surface area contributed by atoms with Crippen molar-refractivity contribution in [2.45, 2.75) is 26.8 Å². The molecule has 0 saturated carbocycles. The molecule has 17 heavy (non-hydrogen) atoms. The first kappa shape index (κ1) is 13.6. The molecule has 4 heteroatoms. The Kier molecular flexibility index (Phi) is 5.63. The lowest BCUT2D eigenvalue weighted by atomic mass is 10.2. The van der Waals surface area contributed by atoms with Crippen LogP contribution < -0.4 is 5.32 Å². The molecular weight excluding hydrogens is 216 g/mol. The lowest BCUT2D eigenvalue weighted by molar-refractivity contribution is 0.0791. The molecule has 0 aliphatic rings. The number of hydrogen-bond donors (Lipinski definition) is 1. The highest BCUT2D eigenvalue weighted by atomic mass is 16.5. The van der Waals surface area contributed by atoms with Gasteiger partial charge in [0, 0.05) is 25.0 Å². The second-order valence-electron chi connectivity index (χ2n) is 4.55. The van der Waals surface area contributed by atoms with Crippen LogP contribution in [0.5, 0.6) is 0 Å². The zero-order valence-corrected chi connectivity index (χ0v) is 10.6. The van der Waals surface area contributed by atoms with E-state index in [0.29, 0.717) is 24.7 Å². The van der Waals surface area contributed by atoms with E-state index in [4.69, 9.17) is 4.74 Å². The standard InChI is InChI=1S/C13H20N2O2/c1-10(2)8-17-9-11(3)15-13(16)12-5-4-6-14-7-12/h4-7,10-11H,8-9H2,1-3H3,(H,15,16)/t11-/m1/s1. The zero-order valence-electron chi connectivity index (χ0n) is 10.6. The summed E-state index contributed by atoms with van der Waals surface area (Å²) in [5.74, 6) is 0.398. The molecule has 0 bridgehead atoms. The van der Waals surface area contributed by atoms with Gasteiger partial charge in [-0.1, -0.05) is 13.8 Å². The maximum absolute atomic E-state index is 11.7. The van der Waals surface area contributed by atoms with Crippen LogP contribution in [0.3, 0.4) is 0 Å². The number of carbonyl (C=O) groups is 1. The minimum absolute atomic E-state index is 0.00135. The minimum atomic E-state index is -0.112. The van der Waals surface area contributed by atoms with Crippen molar-refractivity contribution in [1.82, 2.24) is 10.3 Å². The number of hydrogen-bond acceptors (Lipinski definition) is 3. The third-order valence-corrected chi connectivity index (χ3v) is 2.12. The molecule has 1 aromatic heterocycles. The molecule has 0 spiro atoms. The SMILES string of the molecule is CC(C)COC[C@@H](C)NC(=O)c1cccnc1. The summed E-state index contributed by atoms with van der Waals surface area (Å²) in [5, 5.41) is 2.87. The number of aromatic nitrogens is 1. The fourth-order valence-electron chi connectivity index (χ4n) is 1.33. The number of nitrogens with one attached hydrogen (secondary N) is 1. The van der Waals surface area contributed by atoms with Crippen LogP contribution in [0.25, 0.3) is 0 Å². The monoisotopic (exact) mass is 236 g/mol. The molecule has 1 atom stereocenters. The number of carbonyl (C=O) groups excluding carboxylic acids is 1. The first-order valence-electron chi connectivity index (χ1n) is 5.88. The van der Waals surface area contributed by atoms with Crippen molar-refractivity contribution in [3.63, 3.8) is 0 Å². The quantitative estimate of drug-likeness (QED) is 0.820. The summed E-state index contributed by atoms with van der Waals surface area (Å²) >= 11 is 0. The van der Waals surface area contributed by atoms with Crippen LogP contribution in [-0.4, -0.2) is 30.1 Å². The summed E-state index contributed by atoms with van der Waals surface area (Å²) in [4.78, 5) is 15.7. The van der Waals surface area contributed by atoms with Crippen LogP contribution in [0.2, 0.25) is 0 Å². The molecule has 0 unspecified atom stereocenters. The van der Waals surface area contributed by atoms with E-state index >= 15 is 0 Å². The molecule has 0 aliphatic heterocycles. The van der Waals surface area contributed by atoms with E-state index < -0.39 is 0 Å². The second kappa shape index (κ2) is 7.01. The van der Waals surface area contributed by atoms with Gasteiger partial charge in [-0.05, 0) is 25.0 Å². The van der Waals surface area contributed by atoms with Crippen LogP contribution in [0.4, 0.5) is 0 Å². The molecule has 94 valence electrons. The van der Waals surface area contributed by atoms with E-state index in [1.54, 1.807) is 24.5 Å². The molecule has 4 nitrogen and oxygen atoms in total. The minimum Gasteiger partial charge on any atom is -0.379 e. The number of pyridine rings is 1. The molecule has 0 saturated heterocycles. The Morgan fingerprint density at radius 2 is 2.18 bits per heavy atom. The highest BCUT2D eigenvalue weighted by molar-refractivity contribution is 5.93. The molecule has 0 fully saturated rings. The van der Waals surface area contributed by atoms with Crippen molar-refractivity contribution in [2.75, 3.05) is 13.2 Å². The molecule has 1 N–H and O–H groups in total. The molecule has 1 heterocycles. The van der Waals surface area contributed by atoms with Gasteiger partial charge in [-0.2, -0.15) is 0 Å². The third kappa shape index (κ3) is 5.45. The number of ether oxygens (including phenoxy) is 1. The topological polar surface area (TPSA) is 51.2 Å². The Morgan fingerprint density at radius 1 is 1.41 bits per heavy atom. The highest BCUT2D eigenvalue weighted by Gasteiger charge is 2.09. The Morgan fingerprint density at radius 3 is 2.76 bits per heavy atom. The van der Waals surface area contributed by atoms with E-state index in [9.17, 15) is 4.79 Å². The van der Waals surface area contributed by atoms with E-state index in [2.05, 4.69) is 24.1 Å². The normalized spacial score (nSPS) is 12.5. The average molecular weight is 236 g/mol. The van der Waals surface area contributed by atoms with E-state index in [1.165, 1.54) is 0 Å². The summed E-state index contributed by atoms with van der Waals surface area (Å²) in [6.07, 6.45) is 3.20. The van der Waals surface area contributed by atoms with Crippen molar-refractivity contribution in [1.29, 1.82) is 0 Å². The van der Waals surface area contributed by atoms with Gasteiger partial charge in [-0.3, -0.25) is 9.78 Å². The second-order valence-corrected chi connectivity index (χ2v) is 4.55. The predicted molar refractivity (Wildman–Crippen MR) is 66.8 cm³/mol. The fourth-order valence-corrected chi connectivity index (χ4v) is 1.33. The van der Waals surface area contributed by atoms with Crippen molar-refractivity contribution in [3.05, 3.63) is 30.1 Å². The van der Waals surface area contributed by atoms with Gasteiger partial charge >= 0.3 is 0 Å². The summed E-state index contributed by atoms with van der Waals surface area (Å²) in [6.45, 7) is 7.36. The van der Waals surface area contributed by atoms with Crippen LogP contribution in [0.1, 0.15) is 31.1 Å². The van der Waals surface area contributed by atoms with E-state index in [1.807, 2.05) is 6.92 Å². The number of nitrogens with zero attached hydrogens (tertiary/aromatic N) is 1. The smallest absolute Gasteiger partial charge is 0.253 e. The van der Waals surface area contributed by atoms with Gasteiger partial charge in [0.25, 0.3) is 5.91 Å². The molecule has 1 rings (SSSR count). The molecule has 0 aromatic carbocycles. The largest absolute Gasteiger partial charge is 0.379 e. The van der Waals surface area contributed by atoms with Crippen LogP contribution in [0, 0.1) is 5.92 Å². The highest BCUT2D eigenvalue weighted by Crippen LogP contribution is 1.98. The first-order chi connectivity index (χ1) is 8.09. The maximum atomic E-state index is 11.7. The fraction of sp³-hybridized carbons (Fsp3) is 0.538. The van der Waals surface area contributed by atoms with Gasteiger partial charge in [0.2, 0.25) is 0 Å². The molecule has 0 aliphatic carbocycles. The lowest BCUT2D eigenvalue weighted by Crippen LogP contribution is -2.36. The molecule has 0 radical (unpaired) electrons. The summed E-state index contributed by atoms with van der Waals surface area (Å²) in [5.41, 5.74) is 0.572. The van der Waals surface area contributed by atoms with Crippen LogP contribution >= 0.6 is 0 Å². The molecule has 1 amide bonds. The molecule has 1 aromatic rings. The summed E-state index contributed by atoms with van der Waals surface area (Å²) in [6, 6.07) is 3.49. The predicted octanol–water partition coefficient (Wildman–Crippen LogP) is 1.87. The van der Waals surface area contributed by atoms with Crippen LogP contribution in [-0.2, 0) is 4.74 Å². The van der Waals surface area contributed by atoms with Gasteiger partial charge in [0.05, 0.1) is 12.2 Å². The first-order valence-corrected chi connectivity index (χ1v) is 5.88. The maximum Gasteiger partial charge on any atom is 0.253 e. The van der Waals surface area contributed by atoms with Crippen molar-refractivity contribution in [2.24, 2.45) is 5.92 Å². The van der Waals surface area contributed by atoms with Crippen molar-refractivity contribution >= 4 is 5.91 Å². The number of rotatable bonds is 6. The zero-order chi connectivity index (χ0) is 12.7. The summed E-state index contributed by atoms with van der Waals surface area (Å²) in [7, 11) is 0. The Hall–Kier alpha value is -1.42. The van der Waals surface area contributed by atoms with Gasteiger partial charge in [-0.15, -0.1) is 0 Å². The van der Waals surface area contributed by atoms with Gasteiger partial charge in [0.1, 0.15) is 0 Å². The Labute approximate surface area is 102 Å². The van der Waals surface area contributed by atoms with Gasteiger partial charge < -0.3 is 10.1 Å². The Balaban J connectivity index is 2.31. The van der Waals surface area contributed by atoms with Gasteiger partial charge in [-0.25, -0.2) is 0 Å². The lowest BCUT2D eigenvalue weighted by Gasteiger charge is -2.15. The van der Waals surface area contributed by atoms with Crippen LogP contribution in [0.15, 0.2) is 24.5 Å². The number of amides is 1.